The largest absolute Gasteiger partial charge is 0.296 e. The molecule has 2 rings (SSSR count). The second-order valence-corrected chi connectivity index (χ2v) is 5.32. The first-order valence-corrected chi connectivity index (χ1v) is 5.92. The third kappa shape index (κ3) is 2.17. The molecule has 78 valence electrons. The molecule has 1 aliphatic rings. The topological polar surface area (TPSA) is 21.1 Å². The number of likely N-dealkylation sites (tertiary alicyclic amines) is 1. The first-order valence-electron chi connectivity index (χ1n) is 5.01. The van der Waals surface area contributed by atoms with E-state index in [2.05, 4.69) is 32.0 Å². The zero-order valence-corrected chi connectivity index (χ0v) is 10.3. The van der Waals surface area contributed by atoms with Crippen molar-refractivity contribution in [1.29, 1.82) is 0 Å². The van der Waals surface area contributed by atoms with Gasteiger partial charge >= 0.3 is 0 Å². The van der Waals surface area contributed by atoms with Crippen molar-refractivity contribution in [1.82, 2.24) is 14.7 Å². The standard InChI is InChI=1S/C10H16BrN3/c1-8-5-10(13(2)12-8)7-14-4-3-9(11)6-14/h5,9H,3-4,6-7H2,1-2H3. The number of hydrogen-bond acceptors (Lipinski definition) is 2. The molecule has 1 aromatic heterocycles. The molecule has 0 amide bonds. The van der Waals surface area contributed by atoms with Crippen molar-refractivity contribution in [2.45, 2.75) is 24.7 Å². The molecule has 4 heteroatoms. The van der Waals surface area contributed by atoms with E-state index in [4.69, 9.17) is 0 Å². The lowest BCUT2D eigenvalue weighted by molar-refractivity contribution is 0.322. The van der Waals surface area contributed by atoms with E-state index in [0.29, 0.717) is 4.83 Å². The van der Waals surface area contributed by atoms with Crippen molar-refractivity contribution >= 4 is 15.9 Å². The van der Waals surface area contributed by atoms with Gasteiger partial charge < -0.3 is 0 Å². The SMILES string of the molecule is Cc1cc(CN2CCC(Br)C2)n(C)n1. The fraction of sp³-hybridized carbons (Fsp3) is 0.700. The number of halogens is 1. The monoisotopic (exact) mass is 257 g/mol. The van der Waals surface area contributed by atoms with Gasteiger partial charge in [0, 0.05) is 25.0 Å². The van der Waals surface area contributed by atoms with Gasteiger partial charge in [-0.2, -0.15) is 5.10 Å². The van der Waals surface area contributed by atoms with Crippen LogP contribution in [-0.2, 0) is 13.6 Å². The van der Waals surface area contributed by atoms with Gasteiger partial charge in [-0.3, -0.25) is 9.58 Å². The van der Waals surface area contributed by atoms with E-state index in [1.807, 2.05) is 18.7 Å². The molecule has 0 N–H and O–H groups in total. The predicted octanol–water partition coefficient (Wildman–Crippen LogP) is 1.70. The molecular formula is C10H16BrN3. The van der Waals surface area contributed by atoms with Gasteiger partial charge in [-0.05, 0) is 26.0 Å². The Morgan fingerprint density at radius 1 is 1.64 bits per heavy atom. The molecule has 0 radical (unpaired) electrons. The van der Waals surface area contributed by atoms with E-state index in [9.17, 15) is 0 Å². The molecule has 1 saturated heterocycles. The van der Waals surface area contributed by atoms with Crippen LogP contribution >= 0.6 is 15.9 Å². The van der Waals surface area contributed by atoms with Crippen LogP contribution < -0.4 is 0 Å². The molecule has 2 heterocycles. The number of aryl methyl sites for hydroxylation is 2. The fourth-order valence-electron chi connectivity index (χ4n) is 1.97. The summed E-state index contributed by atoms with van der Waals surface area (Å²) in [5.74, 6) is 0. The highest BCUT2D eigenvalue weighted by molar-refractivity contribution is 9.09. The van der Waals surface area contributed by atoms with Crippen LogP contribution in [0.4, 0.5) is 0 Å². The maximum atomic E-state index is 4.35. The van der Waals surface area contributed by atoms with Crippen LogP contribution in [-0.4, -0.2) is 32.6 Å². The Kier molecular flexibility index (Phi) is 2.93. The quantitative estimate of drug-likeness (QED) is 0.753. The summed E-state index contributed by atoms with van der Waals surface area (Å²) in [5, 5.41) is 4.35. The second-order valence-electron chi connectivity index (χ2n) is 4.02. The smallest absolute Gasteiger partial charge is 0.0597 e. The summed E-state index contributed by atoms with van der Waals surface area (Å²) in [4.78, 5) is 3.15. The summed E-state index contributed by atoms with van der Waals surface area (Å²) in [7, 11) is 2.02. The highest BCUT2D eigenvalue weighted by atomic mass is 79.9. The summed E-state index contributed by atoms with van der Waals surface area (Å²) in [5.41, 5.74) is 2.42. The zero-order chi connectivity index (χ0) is 10.1. The number of rotatable bonds is 2. The van der Waals surface area contributed by atoms with Crippen LogP contribution in [0.25, 0.3) is 0 Å². The molecule has 0 saturated carbocycles. The average molecular weight is 258 g/mol. The molecule has 1 atom stereocenters. The summed E-state index contributed by atoms with van der Waals surface area (Å²) in [6.07, 6.45) is 1.26. The molecular weight excluding hydrogens is 242 g/mol. The molecule has 0 aromatic carbocycles. The molecule has 1 aliphatic heterocycles. The number of hydrogen-bond donors (Lipinski definition) is 0. The summed E-state index contributed by atoms with van der Waals surface area (Å²) >= 11 is 3.65. The Morgan fingerprint density at radius 2 is 2.43 bits per heavy atom. The Bertz CT molecular complexity index is 321. The average Bonchev–Trinajstić information content (AvgIpc) is 2.61. The molecule has 1 fully saturated rings. The minimum Gasteiger partial charge on any atom is -0.296 e. The van der Waals surface area contributed by atoms with Crippen molar-refractivity contribution in [2.24, 2.45) is 7.05 Å². The maximum absolute atomic E-state index is 4.35. The molecule has 0 spiro atoms. The maximum Gasteiger partial charge on any atom is 0.0597 e. The van der Waals surface area contributed by atoms with Crippen molar-refractivity contribution in [3.05, 3.63) is 17.5 Å². The van der Waals surface area contributed by atoms with Crippen LogP contribution in [0, 0.1) is 6.92 Å². The van der Waals surface area contributed by atoms with E-state index >= 15 is 0 Å². The molecule has 1 unspecified atom stereocenters. The second kappa shape index (κ2) is 4.03. The van der Waals surface area contributed by atoms with E-state index in [-0.39, 0.29) is 0 Å². The van der Waals surface area contributed by atoms with Gasteiger partial charge in [0.25, 0.3) is 0 Å². The third-order valence-electron chi connectivity index (χ3n) is 2.70. The van der Waals surface area contributed by atoms with Gasteiger partial charge in [-0.1, -0.05) is 15.9 Å². The van der Waals surface area contributed by atoms with Crippen molar-refractivity contribution in [3.63, 3.8) is 0 Å². The van der Waals surface area contributed by atoms with Crippen LogP contribution in [0.5, 0.6) is 0 Å². The first-order chi connectivity index (χ1) is 6.65. The summed E-state index contributed by atoms with van der Waals surface area (Å²) < 4.78 is 1.98. The van der Waals surface area contributed by atoms with Gasteiger partial charge in [0.1, 0.15) is 0 Å². The Balaban J connectivity index is 2.00. The van der Waals surface area contributed by atoms with E-state index in [1.165, 1.54) is 18.7 Å². The Morgan fingerprint density at radius 3 is 2.93 bits per heavy atom. The first kappa shape index (κ1) is 10.2. The van der Waals surface area contributed by atoms with Crippen LogP contribution in [0.15, 0.2) is 6.07 Å². The fourth-order valence-corrected chi connectivity index (χ4v) is 2.58. The van der Waals surface area contributed by atoms with Gasteiger partial charge in [-0.15, -0.1) is 0 Å². The summed E-state index contributed by atoms with van der Waals surface area (Å²) in [6.45, 7) is 5.42. The summed E-state index contributed by atoms with van der Waals surface area (Å²) in [6, 6.07) is 2.17. The van der Waals surface area contributed by atoms with Crippen molar-refractivity contribution < 1.29 is 0 Å². The highest BCUT2D eigenvalue weighted by Crippen LogP contribution is 2.18. The number of nitrogens with zero attached hydrogens (tertiary/aromatic N) is 3. The lowest BCUT2D eigenvalue weighted by Gasteiger charge is -2.14. The molecule has 0 bridgehead atoms. The Labute approximate surface area is 93.2 Å². The molecule has 3 nitrogen and oxygen atoms in total. The predicted molar refractivity (Wildman–Crippen MR) is 60.6 cm³/mol. The van der Waals surface area contributed by atoms with E-state index in [0.717, 1.165) is 18.8 Å². The minimum atomic E-state index is 0.678. The lowest BCUT2D eigenvalue weighted by Crippen LogP contribution is -2.21. The minimum absolute atomic E-state index is 0.678. The molecule has 1 aromatic rings. The zero-order valence-electron chi connectivity index (χ0n) is 8.70. The van der Waals surface area contributed by atoms with Gasteiger partial charge in [0.15, 0.2) is 0 Å². The van der Waals surface area contributed by atoms with Crippen molar-refractivity contribution in [2.75, 3.05) is 13.1 Å². The van der Waals surface area contributed by atoms with Gasteiger partial charge in [0.05, 0.1) is 11.4 Å². The van der Waals surface area contributed by atoms with Gasteiger partial charge in [0.2, 0.25) is 0 Å². The highest BCUT2D eigenvalue weighted by Gasteiger charge is 2.20. The number of aromatic nitrogens is 2. The van der Waals surface area contributed by atoms with Gasteiger partial charge in [-0.25, -0.2) is 0 Å². The molecule has 0 aliphatic carbocycles. The van der Waals surface area contributed by atoms with Crippen LogP contribution in [0.2, 0.25) is 0 Å². The molecule has 14 heavy (non-hydrogen) atoms. The van der Waals surface area contributed by atoms with E-state index in [1.54, 1.807) is 0 Å². The third-order valence-corrected chi connectivity index (χ3v) is 3.45. The normalized spacial score (nSPS) is 23.2. The van der Waals surface area contributed by atoms with Crippen LogP contribution in [0.3, 0.4) is 0 Å². The van der Waals surface area contributed by atoms with Crippen molar-refractivity contribution in [3.8, 4) is 0 Å². The lowest BCUT2D eigenvalue weighted by atomic mass is 10.3. The Hall–Kier alpha value is -0.350. The van der Waals surface area contributed by atoms with Crippen LogP contribution in [0.1, 0.15) is 17.8 Å². The van der Waals surface area contributed by atoms with E-state index < -0.39 is 0 Å². The number of alkyl halides is 1.